The lowest BCUT2D eigenvalue weighted by Gasteiger charge is -2.31. The minimum Gasteiger partial charge on any atom is -0.494 e. The van der Waals surface area contributed by atoms with Gasteiger partial charge in [0.05, 0.1) is 22.8 Å². The van der Waals surface area contributed by atoms with Crippen molar-refractivity contribution in [1.82, 2.24) is 0 Å². The third-order valence-electron chi connectivity index (χ3n) is 4.15. The average Bonchev–Trinajstić information content (AvgIpc) is 2.60. The zero-order chi connectivity index (χ0) is 19.1. The maximum Gasteiger partial charge on any atom is 0.335 e. The molecule has 3 rings (SSSR count). The fourth-order valence-electron chi connectivity index (χ4n) is 2.99. The number of carboxylic acids is 1. The van der Waals surface area contributed by atoms with Crippen molar-refractivity contribution in [3.63, 3.8) is 0 Å². The van der Waals surface area contributed by atoms with Gasteiger partial charge in [0.15, 0.2) is 5.75 Å². The first-order valence-corrected chi connectivity index (χ1v) is 10.3. The Kier molecular flexibility index (Phi) is 5.18. The van der Waals surface area contributed by atoms with Gasteiger partial charge in [-0.15, -0.1) is 0 Å². The van der Waals surface area contributed by atoms with Gasteiger partial charge in [-0.05, 0) is 64.7 Å². The van der Waals surface area contributed by atoms with Crippen LogP contribution in [0.5, 0.6) is 5.75 Å². The molecule has 0 atom stereocenters. The Labute approximate surface area is 164 Å². The monoisotopic (exact) mass is 459 g/mol. The van der Waals surface area contributed by atoms with Gasteiger partial charge in [-0.2, -0.15) is 0 Å². The van der Waals surface area contributed by atoms with E-state index in [2.05, 4.69) is 15.9 Å². The molecule has 1 aliphatic heterocycles. The molecule has 0 unspecified atom stereocenters. The molecular weight excluding hydrogens is 446 g/mol. The maximum atomic E-state index is 13.3. The molecule has 0 radical (unpaired) electrons. The standard InChI is InChI=1S/C17H15BrClNO5S/c1-25-16-13(18)8-12(19)9-15(16)26(23,24)20-6-2-3-10-7-11(17(21)22)4-5-14(10)20/h4-5,7-9H,2-3,6H2,1H3,(H,21,22). The number of rotatable bonds is 4. The number of aryl methyl sites for hydroxylation is 1. The Bertz CT molecular complexity index is 993. The molecule has 0 aliphatic carbocycles. The van der Waals surface area contributed by atoms with Crippen molar-refractivity contribution in [3.05, 3.63) is 51.0 Å². The third kappa shape index (κ3) is 3.28. The normalized spacial score (nSPS) is 14.0. The van der Waals surface area contributed by atoms with Crippen LogP contribution in [0.2, 0.25) is 5.02 Å². The predicted molar refractivity (Wildman–Crippen MR) is 102 cm³/mol. The highest BCUT2D eigenvalue weighted by Gasteiger charge is 2.33. The molecule has 1 aliphatic rings. The lowest BCUT2D eigenvalue weighted by Crippen LogP contribution is -2.35. The number of sulfonamides is 1. The molecule has 1 N–H and O–H groups in total. The quantitative estimate of drug-likeness (QED) is 0.747. The summed E-state index contributed by atoms with van der Waals surface area (Å²) in [6.07, 6.45) is 1.19. The number of methoxy groups -OCH3 is 1. The lowest BCUT2D eigenvalue weighted by atomic mass is 10.0. The summed E-state index contributed by atoms with van der Waals surface area (Å²) in [6.45, 7) is 0.287. The van der Waals surface area contributed by atoms with Crippen molar-refractivity contribution in [2.45, 2.75) is 17.7 Å². The molecule has 0 amide bonds. The number of carbonyl (C=O) groups is 1. The van der Waals surface area contributed by atoms with Gasteiger partial charge in [-0.3, -0.25) is 4.31 Å². The molecule has 0 bridgehead atoms. The van der Waals surface area contributed by atoms with Gasteiger partial charge in [0.25, 0.3) is 10.0 Å². The first-order chi connectivity index (χ1) is 12.3. The molecule has 0 fully saturated rings. The van der Waals surface area contributed by atoms with E-state index in [9.17, 15) is 13.2 Å². The van der Waals surface area contributed by atoms with Gasteiger partial charge in [0, 0.05) is 11.6 Å². The predicted octanol–water partition coefficient (Wildman–Crippen LogP) is 3.95. The van der Waals surface area contributed by atoms with Crippen molar-refractivity contribution in [1.29, 1.82) is 0 Å². The van der Waals surface area contributed by atoms with Crippen LogP contribution in [-0.4, -0.2) is 33.1 Å². The Morgan fingerprint density at radius 2 is 2.04 bits per heavy atom. The molecule has 6 nitrogen and oxygen atoms in total. The zero-order valence-corrected chi connectivity index (χ0v) is 16.9. The van der Waals surface area contributed by atoms with E-state index in [1.165, 1.54) is 35.7 Å². The summed E-state index contributed by atoms with van der Waals surface area (Å²) in [7, 11) is -2.56. The van der Waals surface area contributed by atoms with Crippen LogP contribution in [0.25, 0.3) is 0 Å². The molecular formula is C17H15BrClNO5S. The topological polar surface area (TPSA) is 83.9 Å². The number of anilines is 1. The van der Waals surface area contributed by atoms with Crippen molar-refractivity contribution in [2.24, 2.45) is 0 Å². The van der Waals surface area contributed by atoms with Crippen molar-refractivity contribution >= 4 is 49.2 Å². The number of fused-ring (bicyclic) bond motifs is 1. The molecule has 26 heavy (non-hydrogen) atoms. The molecule has 1 heterocycles. The van der Waals surface area contributed by atoms with Gasteiger partial charge in [0.1, 0.15) is 4.90 Å². The highest BCUT2D eigenvalue weighted by atomic mass is 79.9. The summed E-state index contributed by atoms with van der Waals surface area (Å²) < 4.78 is 33.6. The summed E-state index contributed by atoms with van der Waals surface area (Å²) in [5.41, 5.74) is 1.28. The van der Waals surface area contributed by atoms with Crippen LogP contribution in [0, 0.1) is 0 Å². The van der Waals surface area contributed by atoms with Crippen LogP contribution in [0.15, 0.2) is 39.7 Å². The van der Waals surface area contributed by atoms with Crippen LogP contribution in [0.4, 0.5) is 5.69 Å². The Balaban J connectivity index is 2.15. The van der Waals surface area contributed by atoms with E-state index < -0.39 is 16.0 Å². The summed E-state index contributed by atoms with van der Waals surface area (Å²) in [6, 6.07) is 7.36. The Morgan fingerprint density at radius 1 is 1.31 bits per heavy atom. The second-order valence-corrected chi connectivity index (χ2v) is 8.87. The van der Waals surface area contributed by atoms with Crippen molar-refractivity contribution < 1.29 is 23.1 Å². The number of hydrogen-bond acceptors (Lipinski definition) is 4. The third-order valence-corrected chi connectivity index (χ3v) is 6.77. The highest BCUT2D eigenvalue weighted by Crippen LogP contribution is 2.40. The highest BCUT2D eigenvalue weighted by molar-refractivity contribution is 9.10. The van der Waals surface area contributed by atoms with E-state index in [0.29, 0.717) is 28.6 Å². The smallest absolute Gasteiger partial charge is 0.335 e. The minimum absolute atomic E-state index is 0.0467. The molecule has 0 aromatic heterocycles. The molecule has 2 aromatic carbocycles. The zero-order valence-electron chi connectivity index (χ0n) is 13.7. The number of halogens is 2. The molecule has 0 saturated carbocycles. The van der Waals surface area contributed by atoms with Crippen molar-refractivity contribution in [3.8, 4) is 5.75 Å². The molecule has 138 valence electrons. The van der Waals surface area contributed by atoms with Gasteiger partial charge in [-0.1, -0.05) is 11.6 Å². The second kappa shape index (κ2) is 7.09. The van der Waals surface area contributed by atoms with Crippen LogP contribution < -0.4 is 9.04 Å². The van der Waals surface area contributed by atoms with Gasteiger partial charge in [-0.25, -0.2) is 13.2 Å². The number of carboxylic acid groups (broad SMARTS) is 1. The van der Waals surface area contributed by atoms with E-state index in [1.807, 2.05) is 0 Å². The Morgan fingerprint density at radius 3 is 2.69 bits per heavy atom. The van der Waals surface area contributed by atoms with Crippen molar-refractivity contribution in [2.75, 3.05) is 18.0 Å². The van der Waals surface area contributed by atoms with Crippen LogP contribution in [0.1, 0.15) is 22.3 Å². The largest absolute Gasteiger partial charge is 0.494 e. The molecule has 9 heteroatoms. The first kappa shape index (κ1) is 19.0. The summed E-state index contributed by atoms with van der Waals surface area (Å²) in [5.74, 6) is -0.878. The van der Waals surface area contributed by atoms with Gasteiger partial charge >= 0.3 is 5.97 Å². The minimum atomic E-state index is -3.95. The number of aromatic carboxylic acids is 1. The first-order valence-electron chi connectivity index (χ1n) is 7.67. The van der Waals surface area contributed by atoms with Gasteiger partial charge in [0.2, 0.25) is 0 Å². The van der Waals surface area contributed by atoms with Crippen LogP contribution in [-0.2, 0) is 16.4 Å². The average molecular weight is 461 g/mol. The van der Waals surface area contributed by atoms with Crippen LogP contribution >= 0.6 is 27.5 Å². The van der Waals surface area contributed by atoms with E-state index in [4.69, 9.17) is 21.4 Å². The SMILES string of the molecule is COc1c(Br)cc(Cl)cc1S(=O)(=O)N1CCCc2cc(C(=O)O)ccc21. The van der Waals surface area contributed by atoms with Crippen LogP contribution in [0.3, 0.4) is 0 Å². The summed E-state index contributed by atoms with van der Waals surface area (Å²) >= 11 is 9.32. The Hall–Kier alpha value is -1.77. The number of benzene rings is 2. The van der Waals surface area contributed by atoms with Gasteiger partial charge < -0.3 is 9.84 Å². The fraction of sp³-hybridized carbons (Fsp3) is 0.235. The number of hydrogen-bond donors (Lipinski definition) is 1. The van der Waals surface area contributed by atoms with E-state index in [1.54, 1.807) is 6.07 Å². The molecule has 0 saturated heterocycles. The van der Waals surface area contributed by atoms with E-state index >= 15 is 0 Å². The summed E-state index contributed by atoms with van der Waals surface area (Å²) in [5, 5.41) is 9.41. The molecule has 2 aromatic rings. The van der Waals surface area contributed by atoms with E-state index in [0.717, 1.165) is 0 Å². The lowest BCUT2D eigenvalue weighted by molar-refractivity contribution is 0.0696. The fourth-order valence-corrected chi connectivity index (χ4v) is 5.91. The number of nitrogens with zero attached hydrogens (tertiary/aromatic N) is 1. The summed E-state index contributed by atoms with van der Waals surface area (Å²) in [4.78, 5) is 11.1. The number of ether oxygens (including phenoxy) is 1. The second-order valence-electron chi connectivity index (χ2n) is 5.75. The van der Waals surface area contributed by atoms with E-state index in [-0.39, 0.29) is 27.8 Å². The maximum absolute atomic E-state index is 13.3. The molecule has 0 spiro atoms.